The first-order valence-electron chi connectivity index (χ1n) is 5.98. The molecule has 3 nitrogen and oxygen atoms in total. The van der Waals surface area contributed by atoms with Crippen LogP contribution in [0.15, 0.2) is 30.5 Å². The largest absolute Gasteiger partial charge is 0.396 e. The van der Waals surface area contributed by atoms with Crippen molar-refractivity contribution in [2.45, 2.75) is 25.7 Å². The van der Waals surface area contributed by atoms with Gasteiger partial charge in [0.1, 0.15) is 5.82 Å². The standard InChI is InChI=1S/C14H15N3/c1-2-13-12(15)8-16-14(17-13)11-7-9-5-3-4-6-10(9)11/h3-6,8,11H,2,7,15H2,1H3. The summed E-state index contributed by atoms with van der Waals surface area (Å²) in [6, 6.07) is 8.48. The number of rotatable bonds is 2. The number of anilines is 1. The Morgan fingerprint density at radius 3 is 2.94 bits per heavy atom. The van der Waals surface area contributed by atoms with Crippen molar-refractivity contribution in [1.29, 1.82) is 0 Å². The highest BCUT2D eigenvalue weighted by Crippen LogP contribution is 2.38. The lowest BCUT2D eigenvalue weighted by Gasteiger charge is -2.29. The van der Waals surface area contributed by atoms with E-state index >= 15 is 0 Å². The molecule has 0 radical (unpaired) electrons. The van der Waals surface area contributed by atoms with Gasteiger partial charge in [-0.05, 0) is 24.0 Å². The van der Waals surface area contributed by atoms with Gasteiger partial charge in [0.05, 0.1) is 17.6 Å². The summed E-state index contributed by atoms with van der Waals surface area (Å²) in [6.07, 6.45) is 3.64. The normalized spacial score (nSPS) is 17.4. The molecule has 1 aromatic heterocycles. The van der Waals surface area contributed by atoms with Crippen molar-refractivity contribution < 1.29 is 0 Å². The van der Waals surface area contributed by atoms with Crippen LogP contribution in [0.25, 0.3) is 0 Å². The molecule has 1 heterocycles. The van der Waals surface area contributed by atoms with E-state index in [4.69, 9.17) is 5.73 Å². The summed E-state index contributed by atoms with van der Waals surface area (Å²) in [6.45, 7) is 2.07. The summed E-state index contributed by atoms with van der Waals surface area (Å²) in [5, 5.41) is 0. The van der Waals surface area contributed by atoms with Crippen LogP contribution >= 0.6 is 0 Å². The number of hydrogen-bond donors (Lipinski definition) is 1. The smallest absolute Gasteiger partial charge is 0.136 e. The maximum absolute atomic E-state index is 5.83. The molecule has 3 heteroatoms. The van der Waals surface area contributed by atoms with Crippen molar-refractivity contribution >= 4 is 5.69 Å². The maximum atomic E-state index is 5.83. The van der Waals surface area contributed by atoms with Crippen LogP contribution in [0.3, 0.4) is 0 Å². The number of hydrogen-bond acceptors (Lipinski definition) is 3. The van der Waals surface area contributed by atoms with Gasteiger partial charge in [0, 0.05) is 5.92 Å². The van der Waals surface area contributed by atoms with Gasteiger partial charge in [0.25, 0.3) is 0 Å². The fourth-order valence-corrected chi connectivity index (χ4v) is 2.38. The first-order valence-corrected chi connectivity index (χ1v) is 5.98. The van der Waals surface area contributed by atoms with Crippen molar-refractivity contribution in [3.05, 3.63) is 53.1 Å². The molecule has 1 aliphatic carbocycles. The molecule has 0 spiro atoms. The number of nitrogens with two attached hydrogens (primary N) is 1. The van der Waals surface area contributed by atoms with E-state index in [0.29, 0.717) is 11.6 Å². The Kier molecular flexibility index (Phi) is 2.32. The van der Waals surface area contributed by atoms with Crippen LogP contribution in [0, 0.1) is 0 Å². The molecule has 1 aliphatic rings. The van der Waals surface area contributed by atoms with Gasteiger partial charge >= 0.3 is 0 Å². The third-order valence-corrected chi connectivity index (χ3v) is 3.42. The second-order valence-electron chi connectivity index (χ2n) is 4.44. The average Bonchev–Trinajstić information content (AvgIpc) is 2.33. The quantitative estimate of drug-likeness (QED) is 0.853. The first kappa shape index (κ1) is 10.3. The number of aromatic nitrogens is 2. The van der Waals surface area contributed by atoms with Crippen molar-refractivity contribution in [3.8, 4) is 0 Å². The molecule has 2 aromatic rings. The highest BCUT2D eigenvalue weighted by molar-refractivity contribution is 5.46. The highest BCUT2D eigenvalue weighted by atomic mass is 14.9. The first-order chi connectivity index (χ1) is 8.29. The van der Waals surface area contributed by atoms with E-state index < -0.39 is 0 Å². The minimum Gasteiger partial charge on any atom is -0.396 e. The van der Waals surface area contributed by atoms with Crippen LogP contribution in [0.1, 0.15) is 35.5 Å². The molecule has 3 rings (SSSR count). The van der Waals surface area contributed by atoms with Gasteiger partial charge in [0.15, 0.2) is 0 Å². The summed E-state index contributed by atoms with van der Waals surface area (Å²) < 4.78 is 0. The Labute approximate surface area is 101 Å². The lowest BCUT2D eigenvalue weighted by molar-refractivity contribution is 0.654. The Balaban J connectivity index is 1.98. The number of nitrogen functional groups attached to an aromatic ring is 1. The van der Waals surface area contributed by atoms with Gasteiger partial charge in [-0.15, -0.1) is 0 Å². The molecule has 0 fully saturated rings. The maximum Gasteiger partial charge on any atom is 0.136 e. The number of benzene rings is 1. The Bertz CT molecular complexity index is 563. The van der Waals surface area contributed by atoms with Crippen molar-refractivity contribution in [1.82, 2.24) is 9.97 Å². The summed E-state index contributed by atoms with van der Waals surface area (Å²) in [4.78, 5) is 8.95. The zero-order valence-electron chi connectivity index (χ0n) is 9.85. The van der Waals surface area contributed by atoms with Crippen LogP contribution in [0.5, 0.6) is 0 Å². The monoisotopic (exact) mass is 225 g/mol. The van der Waals surface area contributed by atoms with E-state index in [9.17, 15) is 0 Å². The fraction of sp³-hybridized carbons (Fsp3) is 0.286. The third-order valence-electron chi connectivity index (χ3n) is 3.42. The predicted octanol–water partition coefficient (Wildman–Crippen LogP) is 2.31. The summed E-state index contributed by atoms with van der Waals surface area (Å²) in [5.41, 5.74) is 10.3. The Hall–Kier alpha value is -1.90. The van der Waals surface area contributed by atoms with Crippen LogP contribution in [-0.4, -0.2) is 9.97 Å². The number of fused-ring (bicyclic) bond motifs is 1. The summed E-state index contributed by atoms with van der Waals surface area (Å²) in [7, 11) is 0. The van der Waals surface area contributed by atoms with E-state index in [1.54, 1.807) is 6.20 Å². The van der Waals surface area contributed by atoms with E-state index in [1.807, 2.05) is 0 Å². The van der Waals surface area contributed by atoms with Crippen molar-refractivity contribution in [3.63, 3.8) is 0 Å². The van der Waals surface area contributed by atoms with Crippen molar-refractivity contribution in [2.24, 2.45) is 0 Å². The lowest BCUT2D eigenvalue weighted by Crippen LogP contribution is -2.21. The molecule has 0 bridgehead atoms. The number of aryl methyl sites for hydroxylation is 1. The molecule has 0 aliphatic heterocycles. The fourth-order valence-electron chi connectivity index (χ4n) is 2.38. The topological polar surface area (TPSA) is 51.8 Å². The Morgan fingerprint density at radius 2 is 2.18 bits per heavy atom. The van der Waals surface area contributed by atoms with Gasteiger partial charge in [-0.3, -0.25) is 0 Å². The lowest BCUT2D eigenvalue weighted by atomic mass is 9.77. The molecule has 17 heavy (non-hydrogen) atoms. The van der Waals surface area contributed by atoms with Crippen LogP contribution in [-0.2, 0) is 12.8 Å². The highest BCUT2D eigenvalue weighted by Gasteiger charge is 2.29. The van der Waals surface area contributed by atoms with Crippen LogP contribution < -0.4 is 5.73 Å². The minimum atomic E-state index is 0.358. The molecular formula is C14H15N3. The Morgan fingerprint density at radius 1 is 1.35 bits per heavy atom. The minimum absolute atomic E-state index is 0.358. The summed E-state index contributed by atoms with van der Waals surface area (Å²) in [5.74, 6) is 1.27. The molecule has 1 unspecified atom stereocenters. The predicted molar refractivity (Wildman–Crippen MR) is 67.8 cm³/mol. The van der Waals surface area contributed by atoms with E-state index in [1.165, 1.54) is 11.1 Å². The van der Waals surface area contributed by atoms with Gasteiger partial charge in [-0.25, -0.2) is 9.97 Å². The third kappa shape index (κ3) is 1.58. The zero-order valence-corrected chi connectivity index (χ0v) is 9.85. The molecular weight excluding hydrogens is 210 g/mol. The zero-order chi connectivity index (χ0) is 11.8. The van der Waals surface area contributed by atoms with Crippen molar-refractivity contribution in [2.75, 3.05) is 5.73 Å². The second kappa shape index (κ2) is 3.84. The van der Waals surface area contributed by atoms with E-state index in [-0.39, 0.29) is 0 Å². The molecule has 0 amide bonds. The van der Waals surface area contributed by atoms with E-state index in [2.05, 4.69) is 41.2 Å². The molecule has 2 N–H and O–H groups in total. The van der Waals surface area contributed by atoms with Crippen LogP contribution in [0.4, 0.5) is 5.69 Å². The van der Waals surface area contributed by atoms with Gasteiger partial charge in [-0.1, -0.05) is 31.2 Å². The van der Waals surface area contributed by atoms with Gasteiger partial charge < -0.3 is 5.73 Å². The second-order valence-corrected chi connectivity index (χ2v) is 4.44. The van der Waals surface area contributed by atoms with Crippen LogP contribution in [0.2, 0.25) is 0 Å². The van der Waals surface area contributed by atoms with Gasteiger partial charge in [-0.2, -0.15) is 0 Å². The molecule has 1 aromatic carbocycles. The molecule has 0 saturated heterocycles. The molecule has 86 valence electrons. The van der Waals surface area contributed by atoms with E-state index in [0.717, 1.165) is 24.4 Å². The van der Waals surface area contributed by atoms with Gasteiger partial charge in [0.2, 0.25) is 0 Å². The average molecular weight is 225 g/mol. The molecule has 0 saturated carbocycles. The summed E-state index contributed by atoms with van der Waals surface area (Å²) >= 11 is 0. The SMILES string of the molecule is CCc1nc(C2Cc3ccccc32)ncc1N. The molecule has 1 atom stereocenters. The number of nitrogens with zero attached hydrogens (tertiary/aromatic N) is 2.